The van der Waals surface area contributed by atoms with Crippen molar-refractivity contribution < 1.29 is 22.7 Å². The highest BCUT2D eigenvalue weighted by atomic mass is 35.5. The normalized spacial score (nSPS) is 14.1. The van der Waals surface area contributed by atoms with Gasteiger partial charge in [-0.25, -0.2) is 4.98 Å². The molecule has 1 aromatic heterocycles. The number of nitrogens with zero attached hydrogens (tertiary/aromatic N) is 4. The molecule has 0 aliphatic carbocycles. The number of methoxy groups -OCH3 is 1. The molecule has 13 heteroatoms. The van der Waals surface area contributed by atoms with E-state index in [1.54, 1.807) is 6.07 Å². The molecule has 1 fully saturated rings. The Morgan fingerprint density at radius 2 is 1.87 bits per heavy atom. The van der Waals surface area contributed by atoms with Gasteiger partial charge in [0.05, 0.1) is 35.9 Å². The Balaban J connectivity index is 1.65. The molecule has 1 aliphatic rings. The van der Waals surface area contributed by atoms with Gasteiger partial charge >= 0.3 is 6.18 Å². The topological polar surface area (TPSA) is 94.6 Å². The Kier molecular flexibility index (Phi) is 8.46. The van der Waals surface area contributed by atoms with E-state index in [0.717, 1.165) is 44.0 Å². The van der Waals surface area contributed by atoms with E-state index in [2.05, 4.69) is 42.3 Å². The van der Waals surface area contributed by atoms with Crippen LogP contribution in [0.15, 0.2) is 55.3 Å². The largest absolute Gasteiger partial charge is 0.494 e. The van der Waals surface area contributed by atoms with Crippen molar-refractivity contribution in [2.45, 2.75) is 6.18 Å². The summed E-state index contributed by atoms with van der Waals surface area (Å²) < 4.78 is 45.0. The third-order valence-electron chi connectivity index (χ3n) is 6.05. The van der Waals surface area contributed by atoms with Gasteiger partial charge in [-0.1, -0.05) is 24.2 Å². The number of halogens is 4. The quantitative estimate of drug-likeness (QED) is 0.310. The van der Waals surface area contributed by atoms with Crippen LogP contribution in [-0.2, 0) is 11.0 Å². The van der Waals surface area contributed by atoms with Crippen LogP contribution in [0.4, 0.5) is 47.7 Å². The van der Waals surface area contributed by atoms with Crippen LogP contribution in [0.1, 0.15) is 5.56 Å². The van der Waals surface area contributed by atoms with E-state index in [1.165, 1.54) is 31.5 Å². The van der Waals surface area contributed by atoms with E-state index in [-0.39, 0.29) is 28.4 Å². The molecule has 0 saturated carbocycles. The van der Waals surface area contributed by atoms with Crippen molar-refractivity contribution in [3.8, 4) is 5.75 Å². The molecule has 3 aromatic rings. The van der Waals surface area contributed by atoms with Crippen molar-refractivity contribution in [3.05, 3.63) is 65.8 Å². The third kappa shape index (κ3) is 6.89. The zero-order valence-corrected chi connectivity index (χ0v) is 22.0. The number of hydrogen-bond acceptors (Lipinski definition) is 8. The number of ether oxygens (including phenoxy) is 1. The molecule has 3 N–H and O–H groups in total. The highest BCUT2D eigenvalue weighted by Crippen LogP contribution is 2.39. The Hall–Kier alpha value is -4.03. The van der Waals surface area contributed by atoms with Gasteiger partial charge in [-0.2, -0.15) is 18.2 Å². The number of carbonyl (C=O) groups is 1. The summed E-state index contributed by atoms with van der Waals surface area (Å²) in [5.74, 6) is 0.283. The first-order chi connectivity index (χ1) is 18.6. The van der Waals surface area contributed by atoms with Crippen LogP contribution in [0, 0.1) is 0 Å². The van der Waals surface area contributed by atoms with E-state index in [0.29, 0.717) is 17.1 Å². The van der Waals surface area contributed by atoms with Gasteiger partial charge in [-0.3, -0.25) is 4.79 Å². The van der Waals surface area contributed by atoms with Gasteiger partial charge in [0, 0.05) is 37.9 Å². The average Bonchev–Trinajstić information content (AvgIpc) is 2.91. The van der Waals surface area contributed by atoms with Crippen LogP contribution < -0.4 is 25.6 Å². The van der Waals surface area contributed by atoms with Crippen molar-refractivity contribution in [2.75, 3.05) is 61.2 Å². The lowest BCUT2D eigenvalue weighted by molar-refractivity contribution is -0.137. The predicted octanol–water partition coefficient (Wildman–Crippen LogP) is 5.52. The maximum atomic E-state index is 13.1. The number of likely N-dealkylation sites (N-methyl/N-ethyl adjacent to an activating group) is 1. The molecule has 1 aliphatic heterocycles. The number of anilines is 6. The van der Waals surface area contributed by atoms with E-state index >= 15 is 0 Å². The summed E-state index contributed by atoms with van der Waals surface area (Å²) in [7, 11) is 3.56. The molecule has 4 rings (SSSR count). The second-order valence-electron chi connectivity index (χ2n) is 8.77. The van der Waals surface area contributed by atoms with Crippen LogP contribution in [0.25, 0.3) is 0 Å². The van der Waals surface area contributed by atoms with Crippen molar-refractivity contribution in [2.24, 2.45) is 0 Å². The van der Waals surface area contributed by atoms with Crippen molar-refractivity contribution in [1.82, 2.24) is 14.9 Å². The molecule has 2 heterocycles. The highest BCUT2D eigenvalue weighted by molar-refractivity contribution is 6.32. The Morgan fingerprint density at radius 1 is 1.13 bits per heavy atom. The maximum absolute atomic E-state index is 13.1. The molecule has 1 amide bonds. The van der Waals surface area contributed by atoms with Gasteiger partial charge in [-0.15, -0.1) is 0 Å². The minimum Gasteiger partial charge on any atom is -0.494 e. The van der Waals surface area contributed by atoms with Gasteiger partial charge in [0.2, 0.25) is 11.9 Å². The predicted molar refractivity (Wildman–Crippen MR) is 147 cm³/mol. The van der Waals surface area contributed by atoms with Crippen LogP contribution in [0.2, 0.25) is 5.02 Å². The molecular weight excluding hydrogens is 535 g/mol. The smallest absolute Gasteiger partial charge is 0.416 e. The number of nitrogens with one attached hydrogen (secondary N) is 3. The van der Waals surface area contributed by atoms with Crippen LogP contribution in [0.3, 0.4) is 0 Å². The first-order valence-electron chi connectivity index (χ1n) is 11.9. The van der Waals surface area contributed by atoms with E-state index in [1.807, 2.05) is 13.1 Å². The molecule has 2 aromatic carbocycles. The number of alkyl halides is 3. The van der Waals surface area contributed by atoms with Crippen molar-refractivity contribution >= 4 is 52.0 Å². The second kappa shape index (κ2) is 11.8. The average molecular weight is 562 g/mol. The molecule has 206 valence electrons. The molecular formula is C26H27ClF3N7O2. The number of amides is 1. The Labute approximate surface area is 228 Å². The summed E-state index contributed by atoms with van der Waals surface area (Å²) in [6.45, 7) is 6.76. The first-order valence-corrected chi connectivity index (χ1v) is 12.3. The first kappa shape index (κ1) is 28.0. The minimum atomic E-state index is -4.49. The molecule has 1 saturated heterocycles. The van der Waals surface area contributed by atoms with Gasteiger partial charge < -0.3 is 30.5 Å². The highest BCUT2D eigenvalue weighted by Gasteiger charge is 2.30. The lowest BCUT2D eigenvalue weighted by Crippen LogP contribution is -2.44. The van der Waals surface area contributed by atoms with Crippen LogP contribution in [0.5, 0.6) is 5.75 Å². The molecule has 0 atom stereocenters. The fourth-order valence-corrected chi connectivity index (χ4v) is 4.11. The number of carbonyl (C=O) groups excluding carboxylic acids is 1. The fraction of sp³-hybridized carbons (Fsp3) is 0.269. The zero-order chi connectivity index (χ0) is 28.2. The van der Waals surface area contributed by atoms with Crippen LogP contribution in [-0.4, -0.2) is 61.1 Å². The summed E-state index contributed by atoms with van der Waals surface area (Å²) in [4.78, 5) is 25.1. The monoisotopic (exact) mass is 561 g/mol. The van der Waals surface area contributed by atoms with E-state index in [4.69, 9.17) is 16.3 Å². The maximum Gasteiger partial charge on any atom is 0.416 e. The van der Waals surface area contributed by atoms with E-state index < -0.39 is 11.7 Å². The molecule has 0 bridgehead atoms. The second-order valence-corrected chi connectivity index (χ2v) is 9.18. The van der Waals surface area contributed by atoms with Gasteiger partial charge in [0.25, 0.3) is 0 Å². The summed E-state index contributed by atoms with van der Waals surface area (Å²) in [6.07, 6.45) is -2.00. The molecule has 0 radical (unpaired) electrons. The van der Waals surface area contributed by atoms with Crippen molar-refractivity contribution in [3.63, 3.8) is 0 Å². The summed E-state index contributed by atoms with van der Waals surface area (Å²) >= 11 is 6.22. The summed E-state index contributed by atoms with van der Waals surface area (Å²) in [5, 5.41) is 8.81. The SMILES string of the molecule is C=CC(=O)Nc1cc(Nc2ncc(Cl)c(Nc3cccc(C(F)(F)F)c3)n2)c(OC)cc1N1CCN(C)CC1. The van der Waals surface area contributed by atoms with Crippen molar-refractivity contribution in [1.29, 1.82) is 0 Å². The number of hydrogen-bond donors (Lipinski definition) is 3. The Morgan fingerprint density at radius 3 is 2.54 bits per heavy atom. The van der Waals surface area contributed by atoms with Gasteiger partial charge in [0.1, 0.15) is 10.8 Å². The molecule has 39 heavy (non-hydrogen) atoms. The van der Waals surface area contributed by atoms with E-state index in [9.17, 15) is 18.0 Å². The standard InChI is InChI=1S/C26H27ClF3N7O2/c1-4-23(38)33-19-13-20(22(39-3)14-21(19)37-10-8-36(2)9-11-37)34-25-31-15-18(27)24(35-25)32-17-7-5-6-16(12-17)26(28,29)30/h4-7,12-15H,1,8-11H2,2-3H3,(H,33,38)(H2,31,32,34,35). The summed E-state index contributed by atoms with van der Waals surface area (Å²) in [6, 6.07) is 8.19. The van der Waals surface area contributed by atoms with Gasteiger partial charge in [0.15, 0.2) is 5.82 Å². The lowest BCUT2D eigenvalue weighted by atomic mass is 10.1. The number of piperazine rings is 1. The minimum absolute atomic E-state index is 0.0977. The summed E-state index contributed by atoms with van der Waals surface area (Å²) in [5.41, 5.74) is 1.10. The fourth-order valence-electron chi connectivity index (χ4n) is 3.97. The third-order valence-corrected chi connectivity index (χ3v) is 6.32. The van der Waals surface area contributed by atoms with Crippen LogP contribution >= 0.6 is 11.6 Å². The lowest BCUT2D eigenvalue weighted by Gasteiger charge is -2.35. The number of rotatable bonds is 8. The number of aromatic nitrogens is 2. The molecule has 0 unspecified atom stereocenters. The number of benzene rings is 2. The zero-order valence-electron chi connectivity index (χ0n) is 21.3. The van der Waals surface area contributed by atoms with Gasteiger partial charge in [-0.05, 0) is 37.4 Å². The molecule has 9 nitrogen and oxygen atoms in total. The Bertz CT molecular complexity index is 1360. The molecule has 0 spiro atoms.